The van der Waals surface area contributed by atoms with Gasteiger partial charge in [-0.05, 0) is 22.6 Å². The Balaban J connectivity index is 1.78. The van der Waals surface area contributed by atoms with Crippen molar-refractivity contribution in [3.05, 3.63) is 54.1 Å². The van der Waals surface area contributed by atoms with Gasteiger partial charge in [-0.3, -0.25) is 0 Å². The molecule has 1 heterocycles. The second-order valence-electron chi connectivity index (χ2n) is 4.59. The molecule has 0 fully saturated rings. The van der Waals surface area contributed by atoms with Crippen molar-refractivity contribution >= 4 is 40.1 Å². The van der Waals surface area contributed by atoms with Crippen LogP contribution in [-0.4, -0.2) is 16.2 Å². The van der Waals surface area contributed by atoms with E-state index in [1.54, 1.807) is 29.6 Å². The summed E-state index contributed by atoms with van der Waals surface area (Å²) in [5, 5.41) is 4.15. The lowest BCUT2D eigenvalue weighted by Crippen LogP contribution is -1.96. The monoisotopic (exact) mass is 313 g/mol. The van der Waals surface area contributed by atoms with Gasteiger partial charge in [-0.25, -0.2) is 9.97 Å². The summed E-state index contributed by atoms with van der Waals surface area (Å²) in [5.74, 6) is 1.36. The molecule has 0 atom stereocenters. The van der Waals surface area contributed by atoms with Gasteiger partial charge in [0, 0.05) is 11.8 Å². The van der Waals surface area contributed by atoms with Crippen molar-refractivity contribution in [2.24, 2.45) is 0 Å². The van der Waals surface area contributed by atoms with Gasteiger partial charge in [0.1, 0.15) is 10.8 Å². The summed E-state index contributed by atoms with van der Waals surface area (Å²) in [7, 11) is 0. The molecule has 2 N–H and O–H groups in total. The van der Waals surface area contributed by atoms with Crippen molar-refractivity contribution in [3.8, 4) is 0 Å². The number of fused-ring (bicyclic) bond motifs is 1. The Kier molecular flexibility index (Phi) is 4.31. The summed E-state index contributed by atoms with van der Waals surface area (Å²) in [6.07, 6.45) is 1.99. The van der Waals surface area contributed by atoms with E-state index in [1.165, 1.54) is 16.3 Å². The number of anilines is 1. The van der Waals surface area contributed by atoms with Crippen LogP contribution in [0.15, 0.2) is 58.7 Å². The number of benzene rings is 2. The van der Waals surface area contributed by atoms with Crippen molar-refractivity contribution in [2.45, 2.75) is 15.9 Å². The first-order valence-corrected chi connectivity index (χ1v) is 8.74. The summed E-state index contributed by atoms with van der Waals surface area (Å²) in [6, 6.07) is 16.7. The molecule has 0 saturated carbocycles. The lowest BCUT2D eigenvalue weighted by molar-refractivity contribution is 0.900. The zero-order valence-electron chi connectivity index (χ0n) is 11.6. The van der Waals surface area contributed by atoms with Crippen LogP contribution in [0.2, 0.25) is 0 Å². The predicted molar refractivity (Wildman–Crippen MR) is 91.7 cm³/mol. The van der Waals surface area contributed by atoms with E-state index >= 15 is 0 Å². The largest absolute Gasteiger partial charge is 0.384 e. The van der Waals surface area contributed by atoms with E-state index in [-0.39, 0.29) is 0 Å². The average Bonchev–Trinajstić information content (AvgIpc) is 2.52. The number of aromatic nitrogens is 2. The quantitative estimate of drug-likeness (QED) is 0.444. The Hall–Kier alpha value is -1.72. The number of rotatable bonds is 4. The molecule has 5 heteroatoms. The molecule has 3 nitrogen and oxygen atoms in total. The molecule has 0 aliphatic carbocycles. The molecule has 106 valence electrons. The molecule has 3 aromatic rings. The highest BCUT2D eigenvalue weighted by Crippen LogP contribution is 2.25. The maximum atomic E-state index is 5.80. The third-order valence-electron chi connectivity index (χ3n) is 3.09. The third-order valence-corrected chi connectivity index (χ3v) is 4.64. The minimum absolute atomic E-state index is 0.523. The minimum Gasteiger partial charge on any atom is -0.384 e. The standard InChI is InChI=1S/C16H15N3S2/c1-20-15-9-14(17)18-16(19-15)21-10-11-6-7-12-4-2-3-5-13(12)8-11/h2-9H,10H2,1H3,(H2,17,18,19). The second-order valence-corrected chi connectivity index (χ2v) is 6.36. The SMILES string of the molecule is CSc1cc(N)nc(SCc2ccc3ccccc3c2)n1. The van der Waals surface area contributed by atoms with Crippen molar-refractivity contribution in [3.63, 3.8) is 0 Å². The van der Waals surface area contributed by atoms with E-state index in [0.717, 1.165) is 15.9 Å². The Morgan fingerprint density at radius 2 is 1.81 bits per heavy atom. The number of nitrogen functional groups attached to an aromatic ring is 1. The second kappa shape index (κ2) is 6.37. The van der Waals surface area contributed by atoms with Crippen LogP contribution in [-0.2, 0) is 5.75 Å². The highest BCUT2D eigenvalue weighted by Gasteiger charge is 2.04. The lowest BCUT2D eigenvalue weighted by Gasteiger charge is -2.05. The topological polar surface area (TPSA) is 51.8 Å². The highest BCUT2D eigenvalue weighted by atomic mass is 32.2. The molecule has 21 heavy (non-hydrogen) atoms. The molecule has 0 bridgehead atoms. The lowest BCUT2D eigenvalue weighted by atomic mass is 10.1. The van der Waals surface area contributed by atoms with Crippen molar-refractivity contribution < 1.29 is 0 Å². The van der Waals surface area contributed by atoms with Gasteiger partial charge in [0.05, 0.1) is 0 Å². The molecule has 0 saturated heterocycles. The first-order valence-electron chi connectivity index (χ1n) is 6.53. The summed E-state index contributed by atoms with van der Waals surface area (Å²) in [4.78, 5) is 8.74. The Bertz CT molecular complexity index is 774. The summed E-state index contributed by atoms with van der Waals surface area (Å²) >= 11 is 3.19. The average molecular weight is 313 g/mol. The number of nitrogens with zero attached hydrogens (tertiary/aromatic N) is 2. The molecule has 2 aromatic carbocycles. The smallest absolute Gasteiger partial charge is 0.190 e. The van der Waals surface area contributed by atoms with Gasteiger partial charge in [-0.1, -0.05) is 54.2 Å². The molecule has 0 radical (unpaired) electrons. The van der Waals surface area contributed by atoms with Gasteiger partial charge in [-0.2, -0.15) is 0 Å². The normalized spacial score (nSPS) is 10.9. The number of nitrogens with two attached hydrogens (primary N) is 1. The molecule has 0 unspecified atom stereocenters. The van der Waals surface area contributed by atoms with Crippen LogP contribution in [0, 0.1) is 0 Å². The van der Waals surface area contributed by atoms with E-state index in [4.69, 9.17) is 5.73 Å². The zero-order chi connectivity index (χ0) is 14.7. The van der Waals surface area contributed by atoms with E-state index in [0.29, 0.717) is 5.82 Å². The molecule has 0 aliphatic rings. The van der Waals surface area contributed by atoms with Gasteiger partial charge in [-0.15, -0.1) is 11.8 Å². The molecule has 0 spiro atoms. The van der Waals surface area contributed by atoms with Gasteiger partial charge >= 0.3 is 0 Å². The maximum Gasteiger partial charge on any atom is 0.190 e. The molecule has 0 amide bonds. The number of thioether (sulfide) groups is 2. The van der Waals surface area contributed by atoms with Gasteiger partial charge < -0.3 is 5.73 Å². The molecular weight excluding hydrogens is 298 g/mol. The van der Waals surface area contributed by atoms with Crippen LogP contribution < -0.4 is 5.73 Å². The van der Waals surface area contributed by atoms with Crippen LogP contribution in [0.5, 0.6) is 0 Å². The van der Waals surface area contributed by atoms with Crippen LogP contribution in [0.1, 0.15) is 5.56 Å². The Labute approximate surface area is 132 Å². The van der Waals surface area contributed by atoms with E-state index < -0.39 is 0 Å². The maximum absolute atomic E-state index is 5.80. The number of hydrogen-bond acceptors (Lipinski definition) is 5. The zero-order valence-corrected chi connectivity index (χ0v) is 13.2. The van der Waals surface area contributed by atoms with Crippen LogP contribution >= 0.6 is 23.5 Å². The van der Waals surface area contributed by atoms with E-state index in [2.05, 4.69) is 52.4 Å². The fourth-order valence-electron chi connectivity index (χ4n) is 2.07. The van der Waals surface area contributed by atoms with Crippen LogP contribution in [0.3, 0.4) is 0 Å². The van der Waals surface area contributed by atoms with E-state index in [1.807, 2.05) is 6.26 Å². The van der Waals surface area contributed by atoms with Crippen molar-refractivity contribution in [1.82, 2.24) is 9.97 Å². The summed E-state index contributed by atoms with van der Waals surface area (Å²) in [5.41, 5.74) is 7.06. The van der Waals surface area contributed by atoms with E-state index in [9.17, 15) is 0 Å². The van der Waals surface area contributed by atoms with Crippen LogP contribution in [0.25, 0.3) is 10.8 Å². The minimum atomic E-state index is 0.523. The summed E-state index contributed by atoms with van der Waals surface area (Å²) in [6.45, 7) is 0. The van der Waals surface area contributed by atoms with Crippen molar-refractivity contribution in [1.29, 1.82) is 0 Å². The first kappa shape index (κ1) is 14.2. The first-order chi connectivity index (χ1) is 10.2. The van der Waals surface area contributed by atoms with Crippen LogP contribution in [0.4, 0.5) is 5.82 Å². The van der Waals surface area contributed by atoms with Crippen molar-refractivity contribution in [2.75, 3.05) is 12.0 Å². The van der Waals surface area contributed by atoms with Gasteiger partial charge in [0.15, 0.2) is 5.16 Å². The molecule has 0 aliphatic heterocycles. The van der Waals surface area contributed by atoms with Gasteiger partial charge in [0.25, 0.3) is 0 Å². The molecule has 3 rings (SSSR count). The Morgan fingerprint density at radius 3 is 2.62 bits per heavy atom. The summed E-state index contributed by atoms with van der Waals surface area (Å²) < 4.78 is 0. The molecular formula is C16H15N3S2. The Morgan fingerprint density at radius 1 is 1.00 bits per heavy atom. The van der Waals surface area contributed by atoms with Gasteiger partial charge in [0.2, 0.25) is 0 Å². The highest BCUT2D eigenvalue weighted by molar-refractivity contribution is 7.99. The third kappa shape index (κ3) is 3.49. The fraction of sp³-hybridized carbons (Fsp3) is 0.125. The number of hydrogen-bond donors (Lipinski definition) is 1. The predicted octanol–water partition coefficient (Wildman–Crippen LogP) is 4.23. The fourth-order valence-corrected chi connectivity index (χ4v) is 3.35. The molecule has 1 aromatic heterocycles.